The molecular formula is C17H16FN3O2. The monoisotopic (exact) mass is 313 g/mol. The lowest BCUT2D eigenvalue weighted by molar-refractivity contribution is -0.137. The maximum absolute atomic E-state index is 13.1. The normalized spacial score (nSPS) is 11.0. The smallest absolute Gasteiger partial charge is 0.303 e. The first-order valence-corrected chi connectivity index (χ1v) is 7.40. The van der Waals surface area contributed by atoms with Gasteiger partial charge in [-0.1, -0.05) is 12.1 Å². The van der Waals surface area contributed by atoms with Gasteiger partial charge in [-0.05, 0) is 36.2 Å². The van der Waals surface area contributed by atoms with Gasteiger partial charge >= 0.3 is 5.97 Å². The molecule has 0 aliphatic rings. The van der Waals surface area contributed by atoms with E-state index in [9.17, 15) is 9.18 Å². The van der Waals surface area contributed by atoms with Crippen LogP contribution in [0.5, 0.6) is 0 Å². The Morgan fingerprint density at radius 1 is 1.22 bits per heavy atom. The van der Waals surface area contributed by atoms with Crippen molar-refractivity contribution in [3.63, 3.8) is 0 Å². The number of carboxylic acid groups (broad SMARTS) is 1. The lowest BCUT2D eigenvalue weighted by atomic mass is 10.2. The van der Waals surface area contributed by atoms with Crippen LogP contribution in [-0.2, 0) is 17.8 Å². The van der Waals surface area contributed by atoms with E-state index in [0.717, 1.165) is 22.6 Å². The van der Waals surface area contributed by atoms with Gasteiger partial charge in [0.1, 0.15) is 17.2 Å². The molecule has 3 aromatic rings. The largest absolute Gasteiger partial charge is 0.481 e. The fourth-order valence-electron chi connectivity index (χ4n) is 2.53. The van der Waals surface area contributed by atoms with Crippen LogP contribution in [0.1, 0.15) is 24.2 Å². The Morgan fingerprint density at radius 2 is 2.00 bits per heavy atom. The second-order valence-corrected chi connectivity index (χ2v) is 5.33. The summed E-state index contributed by atoms with van der Waals surface area (Å²) in [6.45, 7) is 0.524. The molecule has 0 saturated heterocycles. The van der Waals surface area contributed by atoms with E-state index in [1.54, 1.807) is 18.3 Å². The van der Waals surface area contributed by atoms with E-state index in [2.05, 4.69) is 9.97 Å². The zero-order chi connectivity index (χ0) is 16.2. The summed E-state index contributed by atoms with van der Waals surface area (Å²) >= 11 is 0. The van der Waals surface area contributed by atoms with E-state index >= 15 is 0 Å². The average Bonchev–Trinajstić information content (AvgIpc) is 2.87. The van der Waals surface area contributed by atoms with Gasteiger partial charge in [-0.15, -0.1) is 0 Å². The van der Waals surface area contributed by atoms with Crippen molar-refractivity contribution in [2.45, 2.75) is 25.8 Å². The molecule has 0 aliphatic heterocycles. The molecule has 0 fully saturated rings. The van der Waals surface area contributed by atoms with Crippen LogP contribution in [0, 0.1) is 5.82 Å². The van der Waals surface area contributed by atoms with Crippen LogP contribution >= 0.6 is 0 Å². The minimum atomic E-state index is -0.815. The SMILES string of the molecule is O=C(O)CCCc1nc2cccnc2n1Cc1ccc(F)cc1. The molecule has 6 heteroatoms. The molecule has 0 amide bonds. The van der Waals surface area contributed by atoms with Crippen LogP contribution in [0.15, 0.2) is 42.6 Å². The minimum absolute atomic E-state index is 0.104. The number of halogens is 1. The summed E-state index contributed by atoms with van der Waals surface area (Å²) in [6.07, 6.45) is 2.88. The Labute approximate surface area is 132 Å². The zero-order valence-corrected chi connectivity index (χ0v) is 12.4. The molecule has 118 valence electrons. The van der Waals surface area contributed by atoms with E-state index in [4.69, 9.17) is 5.11 Å². The predicted molar refractivity (Wildman–Crippen MR) is 83.6 cm³/mol. The number of carbonyl (C=O) groups is 1. The summed E-state index contributed by atoms with van der Waals surface area (Å²) < 4.78 is 15.0. The Hall–Kier alpha value is -2.76. The number of rotatable bonds is 6. The molecule has 0 atom stereocenters. The van der Waals surface area contributed by atoms with Gasteiger partial charge in [0.2, 0.25) is 0 Å². The molecule has 3 rings (SSSR count). The second-order valence-electron chi connectivity index (χ2n) is 5.33. The number of hydrogen-bond donors (Lipinski definition) is 1. The fraction of sp³-hybridized carbons (Fsp3) is 0.235. The van der Waals surface area contributed by atoms with E-state index < -0.39 is 5.97 Å². The molecule has 2 aromatic heterocycles. The zero-order valence-electron chi connectivity index (χ0n) is 12.4. The second kappa shape index (κ2) is 6.56. The molecule has 0 radical (unpaired) electrons. The standard InChI is InChI=1S/C17H16FN3O2/c18-13-8-6-12(7-9-13)11-21-15(4-1-5-16(22)23)20-14-3-2-10-19-17(14)21/h2-3,6-10H,1,4-5,11H2,(H,22,23). The number of aromatic nitrogens is 3. The van der Waals surface area contributed by atoms with Gasteiger partial charge < -0.3 is 9.67 Å². The number of aliphatic carboxylic acids is 1. The molecule has 1 N–H and O–H groups in total. The molecule has 2 heterocycles. The molecule has 0 spiro atoms. The van der Waals surface area contributed by atoms with Gasteiger partial charge in [0.15, 0.2) is 5.65 Å². The van der Waals surface area contributed by atoms with Gasteiger partial charge in [0.05, 0.1) is 6.54 Å². The Morgan fingerprint density at radius 3 is 2.74 bits per heavy atom. The van der Waals surface area contributed by atoms with Crippen LogP contribution in [0.3, 0.4) is 0 Å². The number of imidazole rings is 1. The summed E-state index contributed by atoms with van der Waals surface area (Å²) in [5.74, 6) is -0.294. The highest BCUT2D eigenvalue weighted by Crippen LogP contribution is 2.18. The van der Waals surface area contributed by atoms with Crippen molar-refractivity contribution < 1.29 is 14.3 Å². The highest BCUT2D eigenvalue weighted by Gasteiger charge is 2.12. The highest BCUT2D eigenvalue weighted by molar-refractivity contribution is 5.71. The fourth-order valence-corrected chi connectivity index (χ4v) is 2.53. The Bertz CT molecular complexity index is 827. The van der Waals surface area contributed by atoms with Crippen molar-refractivity contribution in [1.82, 2.24) is 14.5 Å². The lowest BCUT2D eigenvalue weighted by Crippen LogP contribution is -2.07. The minimum Gasteiger partial charge on any atom is -0.481 e. The molecule has 1 aromatic carbocycles. The van der Waals surface area contributed by atoms with Gasteiger partial charge in [0, 0.05) is 19.0 Å². The quantitative estimate of drug-likeness (QED) is 0.759. The summed E-state index contributed by atoms with van der Waals surface area (Å²) in [6, 6.07) is 10.00. The third-order valence-electron chi connectivity index (χ3n) is 3.63. The first kappa shape index (κ1) is 15.1. The van der Waals surface area contributed by atoms with Crippen LogP contribution in [0.25, 0.3) is 11.2 Å². The highest BCUT2D eigenvalue weighted by atomic mass is 19.1. The molecule has 0 unspecified atom stereocenters. The predicted octanol–water partition coefficient (Wildman–Crippen LogP) is 3.03. The number of nitrogens with zero attached hydrogens (tertiary/aromatic N) is 3. The first-order chi connectivity index (χ1) is 11.1. The van der Waals surface area contributed by atoms with Crippen LogP contribution < -0.4 is 0 Å². The van der Waals surface area contributed by atoms with Crippen molar-refractivity contribution in [3.8, 4) is 0 Å². The summed E-state index contributed by atoms with van der Waals surface area (Å²) in [5.41, 5.74) is 2.47. The van der Waals surface area contributed by atoms with Gasteiger partial charge in [-0.25, -0.2) is 14.4 Å². The van der Waals surface area contributed by atoms with Gasteiger partial charge in [-0.2, -0.15) is 0 Å². The maximum atomic E-state index is 13.1. The summed E-state index contributed by atoms with van der Waals surface area (Å²) in [5, 5.41) is 8.79. The van der Waals surface area contributed by atoms with Crippen molar-refractivity contribution >= 4 is 17.1 Å². The molecule has 0 bridgehead atoms. The number of fused-ring (bicyclic) bond motifs is 1. The number of pyridine rings is 1. The van der Waals surface area contributed by atoms with Crippen LogP contribution in [0.2, 0.25) is 0 Å². The number of benzene rings is 1. The summed E-state index contributed by atoms with van der Waals surface area (Å²) in [4.78, 5) is 19.6. The molecular weight excluding hydrogens is 297 g/mol. The number of aryl methyl sites for hydroxylation is 1. The first-order valence-electron chi connectivity index (χ1n) is 7.40. The lowest BCUT2D eigenvalue weighted by Gasteiger charge is -2.08. The molecule has 0 saturated carbocycles. The maximum Gasteiger partial charge on any atom is 0.303 e. The van der Waals surface area contributed by atoms with E-state index in [1.165, 1.54) is 12.1 Å². The third kappa shape index (κ3) is 3.53. The molecule has 5 nitrogen and oxygen atoms in total. The number of carboxylic acids is 1. The van der Waals surface area contributed by atoms with E-state index in [1.807, 2.05) is 16.7 Å². The van der Waals surface area contributed by atoms with Crippen LogP contribution in [0.4, 0.5) is 4.39 Å². The third-order valence-corrected chi connectivity index (χ3v) is 3.63. The molecule has 0 aliphatic carbocycles. The van der Waals surface area contributed by atoms with E-state index in [0.29, 0.717) is 19.4 Å². The Balaban J connectivity index is 1.91. The average molecular weight is 313 g/mol. The van der Waals surface area contributed by atoms with Gasteiger partial charge in [0.25, 0.3) is 0 Å². The number of hydrogen-bond acceptors (Lipinski definition) is 3. The van der Waals surface area contributed by atoms with Crippen molar-refractivity contribution in [2.24, 2.45) is 0 Å². The summed E-state index contributed by atoms with van der Waals surface area (Å²) in [7, 11) is 0. The van der Waals surface area contributed by atoms with Crippen molar-refractivity contribution in [1.29, 1.82) is 0 Å². The van der Waals surface area contributed by atoms with Crippen molar-refractivity contribution in [2.75, 3.05) is 0 Å². The molecule has 23 heavy (non-hydrogen) atoms. The van der Waals surface area contributed by atoms with E-state index in [-0.39, 0.29) is 12.2 Å². The Kier molecular flexibility index (Phi) is 4.32. The topological polar surface area (TPSA) is 68.0 Å². The van der Waals surface area contributed by atoms with Crippen LogP contribution in [-0.4, -0.2) is 25.6 Å². The van der Waals surface area contributed by atoms with Gasteiger partial charge in [-0.3, -0.25) is 4.79 Å². The van der Waals surface area contributed by atoms with Crippen molar-refractivity contribution in [3.05, 3.63) is 59.8 Å².